The fourth-order valence-corrected chi connectivity index (χ4v) is 1.45. The SMILES string of the molecule is CCCS(=O)(=O)NOCCOC. The van der Waals surface area contributed by atoms with Crippen molar-refractivity contribution in [3.05, 3.63) is 0 Å². The van der Waals surface area contributed by atoms with E-state index in [-0.39, 0.29) is 12.4 Å². The first-order chi connectivity index (χ1) is 5.62. The molecule has 0 fully saturated rings. The molecule has 0 aromatic carbocycles. The molecule has 0 atom stereocenters. The van der Waals surface area contributed by atoms with Crippen LogP contribution in [0.3, 0.4) is 0 Å². The van der Waals surface area contributed by atoms with E-state index >= 15 is 0 Å². The molecule has 0 amide bonds. The van der Waals surface area contributed by atoms with Gasteiger partial charge in [0.2, 0.25) is 10.0 Å². The molecule has 0 aliphatic heterocycles. The molecule has 12 heavy (non-hydrogen) atoms. The minimum atomic E-state index is -3.24. The van der Waals surface area contributed by atoms with E-state index in [2.05, 4.69) is 9.57 Å². The van der Waals surface area contributed by atoms with Gasteiger partial charge in [0.25, 0.3) is 0 Å². The summed E-state index contributed by atoms with van der Waals surface area (Å²) in [7, 11) is -1.72. The third-order valence-corrected chi connectivity index (χ3v) is 2.37. The highest BCUT2D eigenvalue weighted by molar-refractivity contribution is 7.89. The van der Waals surface area contributed by atoms with Crippen LogP contribution in [0.5, 0.6) is 0 Å². The highest BCUT2D eigenvalue weighted by atomic mass is 32.2. The van der Waals surface area contributed by atoms with Crippen molar-refractivity contribution in [1.82, 2.24) is 4.89 Å². The Morgan fingerprint density at radius 3 is 2.50 bits per heavy atom. The Morgan fingerprint density at radius 1 is 1.33 bits per heavy atom. The number of ether oxygens (including phenoxy) is 1. The van der Waals surface area contributed by atoms with Crippen LogP contribution in [0.4, 0.5) is 0 Å². The fourth-order valence-electron chi connectivity index (χ4n) is 0.567. The van der Waals surface area contributed by atoms with E-state index in [1.54, 1.807) is 6.92 Å². The Kier molecular flexibility index (Phi) is 6.27. The lowest BCUT2D eigenvalue weighted by atomic mass is 10.6. The van der Waals surface area contributed by atoms with Crippen LogP contribution in [0.2, 0.25) is 0 Å². The van der Waals surface area contributed by atoms with Gasteiger partial charge in [-0.2, -0.15) is 0 Å². The van der Waals surface area contributed by atoms with Gasteiger partial charge in [0.05, 0.1) is 19.0 Å². The van der Waals surface area contributed by atoms with E-state index in [0.29, 0.717) is 13.0 Å². The lowest BCUT2D eigenvalue weighted by molar-refractivity contribution is 0.0438. The number of rotatable bonds is 7. The highest BCUT2D eigenvalue weighted by Crippen LogP contribution is 1.87. The maximum absolute atomic E-state index is 10.9. The summed E-state index contributed by atoms with van der Waals surface area (Å²) in [4.78, 5) is 6.62. The number of hydrogen-bond donors (Lipinski definition) is 1. The van der Waals surface area contributed by atoms with Gasteiger partial charge >= 0.3 is 0 Å². The van der Waals surface area contributed by atoms with Crippen LogP contribution in [-0.4, -0.2) is 34.5 Å². The third kappa shape index (κ3) is 6.53. The van der Waals surface area contributed by atoms with E-state index in [1.165, 1.54) is 7.11 Å². The molecule has 0 spiro atoms. The minimum absolute atomic E-state index is 0.0833. The topological polar surface area (TPSA) is 64.6 Å². The van der Waals surface area contributed by atoms with Gasteiger partial charge in [-0.25, -0.2) is 8.42 Å². The largest absolute Gasteiger partial charge is 0.382 e. The molecule has 74 valence electrons. The predicted octanol–water partition coefficient (Wildman–Crippen LogP) is -0.106. The summed E-state index contributed by atoms with van der Waals surface area (Å²) < 4.78 is 26.5. The number of hydrogen-bond acceptors (Lipinski definition) is 4. The second kappa shape index (κ2) is 6.36. The Hall–Kier alpha value is -0.170. The van der Waals surface area contributed by atoms with Gasteiger partial charge in [-0.05, 0) is 6.42 Å². The minimum Gasteiger partial charge on any atom is -0.382 e. The van der Waals surface area contributed by atoms with Crippen molar-refractivity contribution >= 4 is 10.0 Å². The molecule has 1 N–H and O–H groups in total. The Balaban J connectivity index is 3.48. The first-order valence-electron chi connectivity index (χ1n) is 3.72. The smallest absolute Gasteiger partial charge is 0.233 e. The summed E-state index contributed by atoms with van der Waals surface area (Å²) >= 11 is 0. The van der Waals surface area contributed by atoms with Gasteiger partial charge in [-0.1, -0.05) is 11.8 Å². The van der Waals surface area contributed by atoms with Crippen molar-refractivity contribution in [2.24, 2.45) is 0 Å². The summed E-state index contributed by atoms with van der Waals surface area (Å²) in [5.41, 5.74) is 0. The second-order valence-corrected chi connectivity index (χ2v) is 4.05. The number of sulfonamides is 1. The molecule has 0 aromatic rings. The molecule has 0 bridgehead atoms. The molecule has 0 aromatic heterocycles. The fraction of sp³-hybridized carbons (Fsp3) is 1.00. The molecule has 5 nitrogen and oxygen atoms in total. The maximum Gasteiger partial charge on any atom is 0.233 e. The van der Waals surface area contributed by atoms with Crippen LogP contribution in [0.1, 0.15) is 13.3 Å². The maximum atomic E-state index is 10.9. The summed E-state index contributed by atoms with van der Waals surface area (Å²) in [5, 5.41) is 0. The quantitative estimate of drug-likeness (QED) is 0.457. The second-order valence-electron chi connectivity index (χ2n) is 2.24. The lowest BCUT2D eigenvalue weighted by Crippen LogP contribution is -2.27. The molecule has 0 unspecified atom stereocenters. The van der Waals surface area contributed by atoms with E-state index in [0.717, 1.165) is 0 Å². The molecule has 0 heterocycles. The van der Waals surface area contributed by atoms with Crippen LogP contribution in [0, 0.1) is 0 Å². The van der Waals surface area contributed by atoms with Crippen LogP contribution >= 0.6 is 0 Å². The van der Waals surface area contributed by atoms with E-state index in [1.807, 2.05) is 4.89 Å². The molecular formula is C6H15NO4S. The monoisotopic (exact) mass is 197 g/mol. The van der Waals surface area contributed by atoms with Crippen molar-refractivity contribution < 1.29 is 18.0 Å². The van der Waals surface area contributed by atoms with E-state index in [4.69, 9.17) is 0 Å². The normalized spacial score (nSPS) is 11.8. The van der Waals surface area contributed by atoms with Crippen molar-refractivity contribution in [2.75, 3.05) is 26.1 Å². The molecule has 0 rings (SSSR count). The van der Waals surface area contributed by atoms with Crippen LogP contribution in [-0.2, 0) is 19.6 Å². The molecular weight excluding hydrogens is 182 g/mol. The molecule has 0 saturated heterocycles. The number of nitrogens with one attached hydrogen (secondary N) is 1. The molecule has 0 saturated carbocycles. The standard InChI is InChI=1S/C6H15NO4S/c1-3-6-12(8,9)7-11-5-4-10-2/h7H,3-6H2,1-2H3. The summed E-state index contributed by atoms with van der Waals surface area (Å²) in [6.45, 7) is 2.38. The van der Waals surface area contributed by atoms with Crippen LogP contribution in [0.15, 0.2) is 0 Å². The highest BCUT2D eigenvalue weighted by Gasteiger charge is 2.06. The van der Waals surface area contributed by atoms with Gasteiger partial charge in [-0.15, -0.1) is 0 Å². The third-order valence-electron chi connectivity index (χ3n) is 1.05. The average molecular weight is 197 g/mol. The van der Waals surface area contributed by atoms with Gasteiger partial charge in [-0.3, -0.25) is 4.84 Å². The van der Waals surface area contributed by atoms with Crippen LogP contribution in [0.25, 0.3) is 0 Å². The van der Waals surface area contributed by atoms with Gasteiger partial charge < -0.3 is 4.74 Å². The first kappa shape index (κ1) is 11.8. The summed E-state index contributed by atoms with van der Waals surface area (Å²) in [6, 6.07) is 0. The zero-order chi connectivity index (χ0) is 9.45. The van der Waals surface area contributed by atoms with Crippen molar-refractivity contribution in [3.63, 3.8) is 0 Å². The molecule has 0 aliphatic rings. The Bertz CT molecular complexity index is 190. The number of methoxy groups -OCH3 is 1. The zero-order valence-corrected chi connectivity index (χ0v) is 8.19. The summed E-state index contributed by atoms with van der Waals surface area (Å²) in [6.07, 6.45) is 0.572. The molecule has 6 heteroatoms. The average Bonchev–Trinajstić information content (AvgIpc) is 1.98. The Labute approximate surface area is 73.1 Å². The van der Waals surface area contributed by atoms with Crippen molar-refractivity contribution in [3.8, 4) is 0 Å². The predicted molar refractivity (Wildman–Crippen MR) is 45.0 cm³/mol. The van der Waals surface area contributed by atoms with Gasteiger partial charge in [0.1, 0.15) is 0 Å². The van der Waals surface area contributed by atoms with Crippen LogP contribution < -0.4 is 4.89 Å². The molecule has 0 aliphatic carbocycles. The summed E-state index contributed by atoms with van der Waals surface area (Å²) in [5.74, 6) is 0.0833. The zero-order valence-electron chi connectivity index (χ0n) is 7.37. The first-order valence-corrected chi connectivity index (χ1v) is 5.38. The van der Waals surface area contributed by atoms with Gasteiger partial charge in [0.15, 0.2) is 0 Å². The van der Waals surface area contributed by atoms with E-state index in [9.17, 15) is 8.42 Å². The van der Waals surface area contributed by atoms with Crippen molar-refractivity contribution in [1.29, 1.82) is 0 Å². The van der Waals surface area contributed by atoms with E-state index < -0.39 is 10.0 Å². The molecule has 0 radical (unpaired) electrons. The Morgan fingerprint density at radius 2 is 2.00 bits per heavy atom. The van der Waals surface area contributed by atoms with Gasteiger partial charge in [0, 0.05) is 7.11 Å². The lowest BCUT2D eigenvalue weighted by Gasteiger charge is -2.04. The van der Waals surface area contributed by atoms with Crippen molar-refractivity contribution in [2.45, 2.75) is 13.3 Å².